The zero-order valence-corrected chi connectivity index (χ0v) is 8.58. The van der Waals surface area contributed by atoms with Crippen molar-refractivity contribution in [3.8, 4) is 0 Å². The molecule has 0 aliphatic heterocycles. The number of benzene rings is 1. The minimum atomic E-state index is -1.11. The summed E-state index contributed by atoms with van der Waals surface area (Å²) in [7, 11) is 0. The van der Waals surface area contributed by atoms with Crippen LogP contribution in [0.4, 0.5) is 5.69 Å². The minimum absolute atomic E-state index is 0.0179. The first-order chi connectivity index (χ1) is 8.18. The number of hydrogen-bond donors (Lipinski definition) is 2. The zero-order valence-electron chi connectivity index (χ0n) is 8.58. The Labute approximate surface area is 95.9 Å². The van der Waals surface area contributed by atoms with E-state index in [1.165, 1.54) is 24.5 Å². The molecule has 6 nitrogen and oxygen atoms in total. The van der Waals surface area contributed by atoms with E-state index in [2.05, 4.69) is 15.0 Å². The number of carbonyl (C=O) groups is 2. The molecule has 86 valence electrons. The fourth-order valence-corrected chi connectivity index (χ4v) is 1.29. The van der Waals surface area contributed by atoms with Crippen LogP contribution in [0.1, 0.15) is 20.8 Å². The van der Waals surface area contributed by atoms with E-state index in [1.807, 2.05) is 0 Å². The predicted molar refractivity (Wildman–Crippen MR) is 57.9 cm³/mol. The van der Waals surface area contributed by atoms with E-state index in [0.717, 1.165) is 0 Å². The van der Waals surface area contributed by atoms with E-state index in [-0.39, 0.29) is 16.9 Å². The summed E-state index contributed by atoms with van der Waals surface area (Å²) in [5.74, 6) is -1.63. The number of anilines is 1. The minimum Gasteiger partial charge on any atom is -0.478 e. The van der Waals surface area contributed by atoms with Crippen LogP contribution in [0.25, 0.3) is 0 Å². The van der Waals surface area contributed by atoms with Crippen LogP contribution in [0.15, 0.2) is 41.1 Å². The summed E-state index contributed by atoms with van der Waals surface area (Å²) in [6.45, 7) is 0. The van der Waals surface area contributed by atoms with Gasteiger partial charge >= 0.3 is 5.97 Å². The van der Waals surface area contributed by atoms with Crippen molar-refractivity contribution in [2.75, 3.05) is 5.32 Å². The third-order valence-electron chi connectivity index (χ3n) is 2.08. The number of nitrogens with zero attached hydrogens (tertiary/aromatic N) is 1. The molecular weight excluding hydrogens is 224 g/mol. The van der Waals surface area contributed by atoms with Crippen LogP contribution in [-0.2, 0) is 0 Å². The number of nitrogens with one attached hydrogen (secondary N) is 1. The van der Waals surface area contributed by atoms with Gasteiger partial charge in [-0.05, 0) is 12.1 Å². The van der Waals surface area contributed by atoms with Crippen LogP contribution in [-0.4, -0.2) is 22.1 Å². The summed E-state index contributed by atoms with van der Waals surface area (Å²) >= 11 is 0. The largest absolute Gasteiger partial charge is 0.478 e. The number of para-hydroxylation sites is 1. The van der Waals surface area contributed by atoms with Gasteiger partial charge in [-0.3, -0.25) is 4.79 Å². The highest BCUT2D eigenvalue weighted by Crippen LogP contribution is 2.15. The van der Waals surface area contributed by atoms with Gasteiger partial charge in [0.2, 0.25) is 0 Å². The smallest absolute Gasteiger partial charge is 0.337 e. The number of carboxylic acid groups (broad SMARTS) is 1. The molecule has 2 aromatic rings. The number of aromatic nitrogens is 1. The zero-order chi connectivity index (χ0) is 12.3. The lowest BCUT2D eigenvalue weighted by Crippen LogP contribution is -2.14. The van der Waals surface area contributed by atoms with E-state index in [1.54, 1.807) is 12.1 Å². The highest BCUT2D eigenvalue weighted by molar-refractivity contribution is 6.06. The Hall–Kier alpha value is -2.63. The van der Waals surface area contributed by atoms with Gasteiger partial charge in [0.1, 0.15) is 6.26 Å². The summed E-state index contributed by atoms with van der Waals surface area (Å²) in [6, 6.07) is 7.50. The van der Waals surface area contributed by atoms with Gasteiger partial charge in [0.15, 0.2) is 5.69 Å². The first-order valence-corrected chi connectivity index (χ1v) is 4.72. The number of amides is 1. The Morgan fingerprint density at radius 2 is 2.00 bits per heavy atom. The predicted octanol–water partition coefficient (Wildman–Crippen LogP) is 1.63. The average Bonchev–Trinajstić information content (AvgIpc) is 2.83. The summed E-state index contributed by atoms with van der Waals surface area (Å²) < 4.78 is 4.52. The van der Waals surface area contributed by atoms with E-state index < -0.39 is 11.9 Å². The van der Waals surface area contributed by atoms with Crippen LogP contribution in [0.2, 0.25) is 0 Å². The molecule has 0 spiro atoms. The first-order valence-electron chi connectivity index (χ1n) is 4.72. The SMILES string of the molecule is O=C(Nc1ccccc1C(=O)O)c1ccon1. The van der Waals surface area contributed by atoms with Crippen molar-refractivity contribution in [1.29, 1.82) is 0 Å². The molecule has 0 fully saturated rings. The van der Waals surface area contributed by atoms with Gasteiger partial charge in [-0.25, -0.2) is 4.79 Å². The van der Waals surface area contributed by atoms with Crippen molar-refractivity contribution in [3.63, 3.8) is 0 Å². The molecule has 2 N–H and O–H groups in total. The quantitative estimate of drug-likeness (QED) is 0.838. The molecule has 0 aliphatic carbocycles. The molecular formula is C11H8N2O4. The maximum atomic E-state index is 11.6. The fourth-order valence-electron chi connectivity index (χ4n) is 1.29. The molecule has 0 atom stereocenters. The van der Waals surface area contributed by atoms with E-state index in [4.69, 9.17) is 5.11 Å². The Balaban J connectivity index is 2.25. The molecule has 0 saturated carbocycles. The third-order valence-corrected chi connectivity index (χ3v) is 2.08. The normalized spacial score (nSPS) is 9.88. The van der Waals surface area contributed by atoms with Crippen molar-refractivity contribution < 1.29 is 19.2 Å². The third kappa shape index (κ3) is 2.31. The second-order valence-corrected chi connectivity index (χ2v) is 3.19. The van der Waals surface area contributed by atoms with Crippen molar-refractivity contribution in [2.24, 2.45) is 0 Å². The molecule has 1 heterocycles. The van der Waals surface area contributed by atoms with Gasteiger partial charge in [0.25, 0.3) is 5.91 Å². The Bertz CT molecular complexity index is 548. The van der Waals surface area contributed by atoms with Crippen LogP contribution in [0.5, 0.6) is 0 Å². The molecule has 0 saturated heterocycles. The van der Waals surface area contributed by atoms with Gasteiger partial charge in [-0.1, -0.05) is 17.3 Å². The number of hydrogen-bond acceptors (Lipinski definition) is 4. The number of carboxylic acids is 1. The summed E-state index contributed by atoms with van der Waals surface area (Å²) in [6.07, 6.45) is 1.26. The molecule has 0 aliphatic rings. The highest BCUT2D eigenvalue weighted by atomic mass is 16.5. The van der Waals surface area contributed by atoms with Crippen molar-refractivity contribution in [3.05, 3.63) is 47.9 Å². The summed E-state index contributed by atoms with van der Waals surface area (Å²) in [4.78, 5) is 22.5. The molecule has 0 unspecified atom stereocenters. The topological polar surface area (TPSA) is 92.4 Å². The van der Waals surface area contributed by atoms with Gasteiger partial charge in [0.05, 0.1) is 11.3 Å². The van der Waals surface area contributed by atoms with Gasteiger partial charge in [-0.15, -0.1) is 0 Å². The number of carbonyl (C=O) groups excluding carboxylic acids is 1. The first kappa shape index (κ1) is 10.9. The van der Waals surface area contributed by atoms with E-state index in [0.29, 0.717) is 0 Å². The van der Waals surface area contributed by atoms with Crippen molar-refractivity contribution in [1.82, 2.24) is 5.16 Å². The number of rotatable bonds is 3. The second kappa shape index (κ2) is 4.48. The van der Waals surface area contributed by atoms with Gasteiger partial charge < -0.3 is 14.9 Å². The van der Waals surface area contributed by atoms with Crippen LogP contribution >= 0.6 is 0 Å². The summed E-state index contributed by atoms with van der Waals surface area (Å²) in [5.41, 5.74) is 0.322. The molecule has 17 heavy (non-hydrogen) atoms. The maximum absolute atomic E-state index is 11.6. The Morgan fingerprint density at radius 3 is 2.65 bits per heavy atom. The van der Waals surface area contributed by atoms with Crippen molar-refractivity contribution >= 4 is 17.6 Å². The molecule has 0 bridgehead atoms. The fraction of sp³-hybridized carbons (Fsp3) is 0. The Kier molecular flexibility index (Phi) is 2.87. The summed E-state index contributed by atoms with van der Waals surface area (Å²) in [5, 5.41) is 14.8. The molecule has 1 aromatic carbocycles. The van der Waals surface area contributed by atoms with E-state index in [9.17, 15) is 9.59 Å². The lowest BCUT2D eigenvalue weighted by molar-refractivity contribution is 0.0698. The number of aromatic carboxylic acids is 1. The Morgan fingerprint density at radius 1 is 1.24 bits per heavy atom. The maximum Gasteiger partial charge on any atom is 0.337 e. The monoisotopic (exact) mass is 232 g/mol. The van der Waals surface area contributed by atoms with Crippen LogP contribution in [0, 0.1) is 0 Å². The molecule has 1 amide bonds. The van der Waals surface area contributed by atoms with Crippen molar-refractivity contribution in [2.45, 2.75) is 0 Å². The van der Waals surface area contributed by atoms with Crippen LogP contribution in [0.3, 0.4) is 0 Å². The average molecular weight is 232 g/mol. The molecule has 0 radical (unpaired) electrons. The molecule has 2 rings (SSSR count). The molecule has 6 heteroatoms. The molecule has 1 aromatic heterocycles. The van der Waals surface area contributed by atoms with Gasteiger partial charge in [0, 0.05) is 6.07 Å². The van der Waals surface area contributed by atoms with Gasteiger partial charge in [-0.2, -0.15) is 0 Å². The lowest BCUT2D eigenvalue weighted by atomic mass is 10.2. The van der Waals surface area contributed by atoms with Crippen LogP contribution < -0.4 is 5.32 Å². The van der Waals surface area contributed by atoms with E-state index >= 15 is 0 Å². The standard InChI is InChI=1S/C11H8N2O4/c14-10(9-5-6-17-13-9)12-8-4-2-1-3-7(8)11(15)16/h1-6H,(H,12,14)(H,15,16). The lowest BCUT2D eigenvalue weighted by Gasteiger charge is -2.05. The highest BCUT2D eigenvalue weighted by Gasteiger charge is 2.14. The second-order valence-electron chi connectivity index (χ2n) is 3.19.